The van der Waals surface area contributed by atoms with Gasteiger partial charge in [-0.1, -0.05) is 35.3 Å². The van der Waals surface area contributed by atoms with E-state index in [0.717, 1.165) is 0 Å². The average molecular weight is 340 g/mol. The second-order valence-corrected chi connectivity index (χ2v) is 5.34. The minimum absolute atomic E-state index is 0.307. The van der Waals surface area contributed by atoms with E-state index in [-0.39, 0.29) is 0 Å². The van der Waals surface area contributed by atoms with Crippen molar-refractivity contribution < 1.29 is 4.79 Å². The maximum atomic E-state index is 11.3. The molecule has 0 heterocycles. The summed E-state index contributed by atoms with van der Waals surface area (Å²) in [6, 6.07) is 11.9. The second kappa shape index (κ2) is 6.76. The Hall–Kier alpha value is -1.82. The fourth-order valence-corrected chi connectivity index (χ4v) is 2.19. The van der Waals surface area contributed by atoms with Gasteiger partial charge in [0.2, 0.25) is 0 Å². The Balaban J connectivity index is 2.12. The number of nitrogens with one attached hydrogen (secondary N) is 2. The SMILES string of the molecule is NC(=O)c1ccccc1NC(=S)Nc1ccc(Cl)c(Cl)c1. The van der Waals surface area contributed by atoms with E-state index in [4.69, 9.17) is 41.2 Å². The van der Waals surface area contributed by atoms with Crippen LogP contribution in [0.4, 0.5) is 11.4 Å². The Morgan fingerprint density at radius 2 is 1.76 bits per heavy atom. The molecule has 0 saturated heterocycles. The van der Waals surface area contributed by atoms with Crippen LogP contribution in [-0.2, 0) is 0 Å². The van der Waals surface area contributed by atoms with Crippen molar-refractivity contribution in [3.05, 3.63) is 58.1 Å². The summed E-state index contributed by atoms with van der Waals surface area (Å²) < 4.78 is 0. The average Bonchev–Trinajstić information content (AvgIpc) is 2.43. The quantitative estimate of drug-likeness (QED) is 0.742. The van der Waals surface area contributed by atoms with Crippen LogP contribution in [0.5, 0.6) is 0 Å². The van der Waals surface area contributed by atoms with E-state index < -0.39 is 5.91 Å². The van der Waals surface area contributed by atoms with Crippen molar-refractivity contribution in [1.29, 1.82) is 0 Å². The molecular weight excluding hydrogens is 329 g/mol. The predicted octanol–water partition coefficient (Wildman–Crippen LogP) is 3.90. The normalized spacial score (nSPS) is 10.0. The Morgan fingerprint density at radius 1 is 1.05 bits per heavy atom. The Morgan fingerprint density at radius 3 is 2.43 bits per heavy atom. The fraction of sp³-hybridized carbons (Fsp3) is 0. The van der Waals surface area contributed by atoms with Gasteiger partial charge in [-0.25, -0.2) is 0 Å². The maximum absolute atomic E-state index is 11.3. The van der Waals surface area contributed by atoms with Gasteiger partial charge in [0.05, 0.1) is 21.3 Å². The molecule has 1 amide bonds. The second-order valence-electron chi connectivity index (χ2n) is 4.12. The van der Waals surface area contributed by atoms with Crippen LogP contribution in [0, 0.1) is 0 Å². The number of carbonyl (C=O) groups excluding carboxylic acids is 1. The van der Waals surface area contributed by atoms with Gasteiger partial charge in [-0.15, -0.1) is 0 Å². The number of primary amides is 1. The molecule has 0 unspecified atom stereocenters. The van der Waals surface area contributed by atoms with Crippen LogP contribution in [0.25, 0.3) is 0 Å². The highest BCUT2D eigenvalue weighted by Gasteiger charge is 2.08. The van der Waals surface area contributed by atoms with Crippen molar-refractivity contribution in [2.75, 3.05) is 10.6 Å². The molecule has 0 aliphatic rings. The number of hydrogen-bond acceptors (Lipinski definition) is 2. The third-order valence-electron chi connectivity index (χ3n) is 2.62. The molecule has 4 N–H and O–H groups in total. The summed E-state index contributed by atoms with van der Waals surface area (Å²) in [7, 11) is 0. The Kier molecular flexibility index (Phi) is 5.01. The highest BCUT2D eigenvalue weighted by atomic mass is 35.5. The van der Waals surface area contributed by atoms with Crippen molar-refractivity contribution >= 4 is 57.8 Å². The first-order valence-corrected chi connectivity index (χ1v) is 7.05. The van der Waals surface area contributed by atoms with Crippen molar-refractivity contribution in [2.45, 2.75) is 0 Å². The Bertz CT molecular complexity index is 706. The lowest BCUT2D eigenvalue weighted by molar-refractivity contribution is 0.100. The zero-order valence-corrected chi connectivity index (χ0v) is 13.0. The van der Waals surface area contributed by atoms with Gasteiger partial charge in [0.15, 0.2) is 5.11 Å². The van der Waals surface area contributed by atoms with Gasteiger partial charge in [0, 0.05) is 5.69 Å². The summed E-state index contributed by atoms with van der Waals surface area (Å²) in [5.41, 5.74) is 6.87. The number of carbonyl (C=O) groups is 1. The third kappa shape index (κ3) is 4.07. The van der Waals surface area contributed by atoms with Crippen molar-refractivity contribution in [1.82, 2.24) is 0 Å². The van der Waals surface area contributed by atoms with Gasteiger partial charge < -0.3 is 16.4 Å². The summed E-state index contributed by atoms with van der Waals surface area (Å²) in [6.07, 6.45) is 0. The molecule has 0 saturated carbocycles. The van der Waals surface area contributed by atoms with E-state index in [2.05, 4.69) is 10.6 Å². The summed E-state index contributed by atoms with van der Waals surface area (Å²) in [5, 5.41) is 7.05. The standard InChI is InChI=1S/C14H11Cl2N3OS/c15-10-6-5-8(7-11(10)16)18-14(21)19-12-4-2-1-3-9(12)13(17)20/h1-7H,(H2,17,20)(H2,18,19,21). The summed E-state index contributed by atoms with van der Waals surface area (Å²) in [4.78, 5) is 11.3. The lowest BCUT2D eigenvalue weighted by Gasteiger charge is -2.13. The number of amides is 1. The highest BCUT2D eigenvalue weighted by Crippen LogP contribution is 2.25. The van der Waals surface area contributed by atoms with Gasteiger partial charge in [0.1, 0.15) is 0 Å². The molecule has 0 atom stereocenters. The molecule has 0 fully saturated rings. The lowest BCUT2D eigenvalue weighted by atomic mass is 10.1. The van der Waals surface area contributed by atoms with Crippen LogP contribution in [0.3, 0.4) is 0 Å². The summed E-state index contributed by atoms with van der Waals surface area (Å²) in [6.45, 7) is 0. The molecule has 0 bridgehead atoms. The Labute approximate surface area is 137 Å². The topological polar surface area (TPSA) is 67.2 Å². The third-order valence-corrected chi connectivity index (χ3v) is 3.56. The zero-order valence-electron chi connectivity index (χ0n) is 10.7. The van der Waals surface area contributed by atoms with Gasteiger partial charge in [-0.05, 0) is 42.5 Å². The number of nitrogens with two attached hydrogens (primary N) is 1. The van der Waals surface area contributed by atoms with E-state index in [9.17, 15) is 4.79 Å². The van der Waals surface area contributed by atoms with E-state index in [1.54, 1.807) is 42.5 Å². The van der Waals surface area contributed by atoms with Crippen LogP contribution >= 0.6 is 35.4 Å². The van der Waals surface area contributed by atoms with E-state index in [1.807, 2.05) is 0 Å². The molecule has 0 radical (unpaired) electrons. The summed E-state index contributed by atoms with van der Waals surface area (Å²) >= 11 is 17.0. The van der Waals surface area contributed by atoms with Crippen LogP contribution in [0.2, 0.25) is 10.0 Å². The van der Waals surface area contributed by atoms with Gasteiger partial charge in [0.25, 0.3) is 5.91 Å². The molecule has 7 heteroatoms. The largest absolute Gasteiger partial charge is 0.366 e. The number of anilines is 2. The lowest BCUT2D eigenvalue weighted by Crippen LogP contribution is -2.22. The van der Waals surface area contributed by atoms with Crippen LogP contribution in [0.15, 0.2) is 42.5 Å². The number of halogens is 2. The first-order chi connectivity index (χ1) is 9.97. The first-order valence-electron chi connectivity index (χ1n) is 5.89. The van der Waals surface area contributed by atoms with Gasteiger partial charge in [-0.3, -0.25) is 4.79 Å². The predicted molar refractivity (Wildman–Crippen MR) is 91.3 cm³/mol. The fourth-order valence-electron chi connectivity index (χ4n) is 1.67. The van der Waals surface area contributed by atoms with Crippen molar-refractivity contribution in [3.63, 3.8) is 0 Å². The van der Waals surface area contributed by atoms with E-state index in [1.165, 1.54) is 0 Å². The zero-order chi connectivity index (χ0) is 15.4. The van der Waals surface area contributed by atoms with Crippen LogP contribution in [0.1, 0.15) is 10.4 Å². The molecule has 2 aromatic rings. The number of rotatable bonds is 3. The smallest absolute Gasteiger partial charge is 0.250 e. The van der Waals surface area contributed by atoms with Crippen molar-refractivity contribution in [2.24, 2.45) is 5.73 Å². The van der Waals surface area contributed by atoms with E-state index in [0.29, 0.717) is 32.1 Å². The van der Waals surface area contributed by atoms with Crippen LogP contribution in [-0.4, -0.2) is 11.0 Å². The molecule has 0 spiro atoms. The maximum Gasteiger partial charge on any atom is 0.250 e. The molecule has 0 aliphatic heterocycles. The molecule has 2 aromatic carbocycles. The minimum atomic E-state index is -0.532. The summed E-state index contributed by atoms with van der Waals surface area (Å²) in [5.74, 6) is -0.532. The highest BCUT2D eigenvalue weighted by molar-refractivity contribution is 7.80. The number of thiocarbonyl (C=S) groups is 1. The number of benzene rings is 2. The number of hydrogen-bond donors (Lipinski definition) is 3. The monoisotopic (exact) mass is 339 g/mol. The number of para-hydroxylation sites is 1. The first kappa shape index (κ1) is 15.6. The van der Waals surface area contributed by atoms with Crippen molar-refractivity contribution in [3.8, 4) is 0 Å². The molecule has 108 valence electrons. The molecule has 4 nitrogen and oxygen atoms in total. The molecule has 2 rings (SSSR count). The van der Waals surface area contributed by atoms with Gasteiger partial charge >= 0.3 is 0 Å². The van der Waals surface area contributed by atoms with E-state index >= 15 is 0 Å². The van der Waals surface area contributed by atoms with Gasteiger partial charge in [-0.2, -0.15) is 0 Å². The van der Waals surface area contributed by atoms with Crippen LogP contribution < -0.4 is 16.4 Å². The molecule has 21 heavy (non-hydrogen) atoms. The molecular formula is C14H11Cl2N3OS. The molecule has 0 aliphatic carbocycles. The molecule has 0 aromatic heterocycles. The minimum Gasteiger partial charge on any atom is -0.366 e.